The van der Waals surface area contributed by atoms with Crippen LogP contribution < -0.4 is 5.56 Å². The predicted molar refractivity (Wildman–Crippen MR) is 66.6 cm³/mol. The van der Waals surface area contributed by atoms with E-state index in [2.05, 4.69) is 9.97 Å². The van der Waals surface area contributed by atoms with Gasteiger partial charge in [-0.15, -0.1) is 0 Å². The molecule has 0 aliphatic heterocycles. The van der Waals surface area contributed by atoms with Crippen molar-refractivity contribution >= 4 is 0 Å². The van der Waals surface area contributed by atoms with Crippen LogP contribution in [-0.4, -0.2) is 14.5 Å². The highest BCUT2D eigenvalue weighted by molar-refractivity contribution is 5.32. The van der Waals surface area contributed by atoms with E-state index < -0.39 is 0 Å². The van der Waals surface area contributed by atoms with Gasteiger partial charge in [0.2, 0.25) is 0 Å². The first-order chi connectivity index (χ1) is 7.99. The Labute approximate surface area is 100.0 Å². The molecule has 2 aromatic heterocycles. The molecule has 2 heterocycles. The van der Waals surface area contributed by atoms with Crippen LogP contribution in [0.15, 0.2) is 23.1 Å². The van der Waals surface area contributed by atoms with Gasteiger partial charge >= 0.3 is 0 Å². The van der Waals surface area contributed by atoms with Gasteiger partial charge in [0.05, 0.1) is 17.1 Å². The van der Waals surface area contributed by atoms with E-state index in [9.17, 15) is 4.79 Å². The Hall–Kier alpha value is -1.97. The molecule has 17 heavy (non-hydrogen) atoms. The Morgan fingerprint density at radius 3 is 2.29 bits per heavy atom. The van der Waals surface area contributed by atoms with Crippen molar-refractivity contribution in [1.82, 2.24) is 14.5 Å². The summed E-state index contributed by atoms with van der Waals surface area (Å²) in [6.07, 6.45) is 1.79. The fourth-order valence-corrected chi connectivity index (χ4v) is 1.69. The molecular weight excluding hydrogens is 214 g/mol. The normalized spacial score (nSPS) is 10.6. The zero-order valence-corrected chi connectivity index (χ0v) is 10.5. The number of aromatic nitrogens is 3. The molecule has 0 fully saturated rings. The van der Waals surface area contributed by atoms with E-state index in [1.165, 1.54) is 0 Å². The largest absolute Gasteiger partial charge is 0.269 e. The molecule has 0 atom stereocenters. The fourth-order valence-electron chi connectivity index (χ4n) is 1.69. The van der Waals surface area contributed by atoms with Crippen molar-refractivity contribution in [3.63, 3.8) is 0 Å². The molecule has 0 radical (unpaired) electrons. The van der Waals surface area contributed by atoms with Crippen molar-refractivity contribution in [3.8, 4) is 5.82 Å². The molecule has 0 unspecified atom stereocenters. The van der Waals surface area contributed by atoms with E-state index >= 15 is 0 Å². The first-order valence-corrected chi connectivity index (χ1v) is 5.50. The predicted octanol–water partition coefficient (Wildman–Crippen LogP) is 1.86. The van der Waals surface area contributed by atoms with Gasteiger partial charge in [0.15, 0.2) is 5.82 Å². The molecule has 0 amide bonds. The van der Waals surface area contributed by atoms with Gasteiger partial charge in [0, 0.05) is 12.3 Å². The molecule has 4 heteroatoms. The first-order valence-electron chi connectivity index (χ1n) is 5.50. The molecular formula is C13H15N3O. The summed E-state index contributed by atoms with van der Waals surface area (Å²) in [6.45, 7) is 7.62. The van der Waals surface area contributed by atoms with Crippen LogP contribution in [0.3, 0.4) is 0 Å². The van der Waals surface area contributed by atoms with Gasteiger partial charge in [0.1, 0.15) is 0 Å². The summed E-state index contributed by atoms with van der Waals surface area (Å²) in [5.41, 5.74) is 3.44. The zero-order chi connectivity index (χ0) is 12.6. The molecule has 2 rings (SSSR count). The van der Waals surface area contributed by atoms with Gasteiger partial charge in [-0.2, -0.15) is 0 Å². The third-order valence-electron chi connectivity index (χ3n) is 2.74. The number of aryl methyl sites for hydroxylation is 4. The SMILES string of the molecule is Cc1ccc(=O)n(-c2nc(C)c(C)nc2C)c1. The van der Waals surface area contributed by atoms with Crippen LogP contribution in [0.2, 0.25) is 0 Å². The maximum absolute atomic E-state index is 11.8. The van der Waals surface area contributed by atoms with Gasteiger partial charge in [-0.3, -0.25) is 14.3 Å². The highest BCUT2D eigenvalue weighted by Crippen LogP contribution is 2.10. The Kier molecular flexibility index (Phi) is 2.79. The summed E-state index contributed by atoms with van der Waals surface area (Å²) in [5.74, 6) is 0.613. The van der Waals surface area contributed by atoms with Crippen LogP contribution in [-0.2, 0) is 0 Å². The molecule has 0 aromatic carbocycles. The highest BCUT2D eigenvalue weighted by Gasteiger charge is 2.08. The van der Waals surface area contributed by atoms with Crippen LogP contribution in [0.25, 0.3) is 5.82 Å². The lowest BCUT2D eigenvalue weighted by molar-refractivity contribution is 0.867. The van der Waals surface area contributed by atoms with E-state index in [-0.39, 0.29) is 5.56 Å². The minimum atomic E-state index is -0.0868. The van der Waals surface area contributed by atoms with E-state index in [0.29, 0.717) is 5.82 Å². The molecule has 0 saturated heterocycles. The number of pyridine rings is 1. The van der Waals surface area contributed by atoms with E-state index in [4.69, 9.17) is 0 Å². The molecule has 0 N–H and O–H groups in total. The Morgan fingerprint density at radius 1 is 0.941 bits per heavy atom. The van der Waals surface area contributed by atoms with Crippen molar-refractivity contribution in [3.05, 3.63) is 51.3 Å². The first kappa shape index (κ1) is 11.5. The van der Waals surface area contributed by atoms with E-state index in [0.717, 1.165) is 22.6 Å². The van der Waals surface area contributed by atoms with Gasteiger partial charge < -0.3 is 0 Å². The standard InChI is InChI=1S/C13H15N3O/c1-8-5-6-12(17)16(7-8)13-11(4)14-9(2)10(3)15-13/h5-7H,1-4H3. The van der Waals surface area contributed by atoms with Crippen LogP contribution in [0, 0.1) is 27.7 Å². The van der Waals surface area contributed by atoms with Crippen LogP contribution in [0.1, 0.15) is 22.6 Å². The van der Waals surface area contributed by atoms with Gasteiger partial charge in [-0.25, -0.2) is 4.98 Å². The van der Waals surface area contributed by atoms with E-state index in [1.807, 2.05) is 27.7 Å². The topological polar surface area (TPSA) is 47.8 Å². The highest BCUT2D eigenvalue weighted by atomic mass is 16.1. The third-order valence-corrected chi connectivity index (χ3v) is 2.74. The summed E-state index contributed by atoms with van der Waals surface area (Å²) < 4.78 is 1.55. The lowest BCUT2D eigenvalue weighted by Crippen LogP contribution is -2.20. The number of hydrogen-bond acceptors (Lipinski definition) is 3. The maximum Gasteiger partial charge on any atom is 0.256 e. The van der Waals surface area contributed by atoms with Crippen LogP contribution in [0.5, 0.6) is 0 Å². The van der Waals surface area contributed by atoms with E-state index in [1.54, 1.807) is 22.9 Å². The smallest absolute Gasteiger partial charge is 0.256 e. The maximum atomic E-state index is 11.8. The van der Waals surface area contributed by atoms with Crippen molar-refractivity contribution in [1.29, 1.82) is 0 Å². The number of rotatable bonds is 1. The third kappa shape index (κ3) is 2.11. The monoisotopic (exact) mass is 229 g/mol. The van der Waals surface area contributed by atoms with Crippen molar-refractivity contribution < 1.29 is 0 Å². The van der Waals surface area contributed by atoms with Crippen LogP contribution in [0.4, 0.5) is 0 Å². The molecule has 0 aliphatic carbocycles. The average molecular weight is 229 g/mol. The fraction of sp³-hybridized carbons (Fsp3) is 0.308. The minimum absolute atomic E-state index is 0.0868. The molecule has 0 saturated carbocycles. The summed E-state index contributed by atoms with van der Waals surface area (Å²) in [6, 6.07) is 3.34. The second-order valence-corrected chi connectivity index (χ2v) is 4.22. The van der Waals surface area contributed by atoms with Crippen molar-refractivity contribution in [2.24, 2.45) is 0 Å². The van der Waals surface area contributed by atoms with Gasteiger partial charge in [-0.05, 0) is 33.3 Å². The molecule has 88 valence electrons. The van der Waals surface area contributed by atoms with Crippen molar-refractivity contribution in [2.75, 3.05) is 0 Å². The second kappa shape index (κ2) is 4.13. The average Bonchev–Trinajstić information content (AvgIpc) is 2.27. The Balaban J connectivity index is 2.72. The van der Waals surface area contributed by atoms with Crippen molar-refractivity contribution in [2.45, 2.75) is 27.7 Å². The molecule has 0 spiro atoms. The lowest BCUT2D eigenvalue weighted by atomic mass is 10.3. The molecule has 4 nitrogen and oxygen atoms in total. The van der Waals surface area contributed by atoms with Gasteiger partial charge in [0.25, 0.3) is 5.56 Å². The summed E-state index contributed by atoms with van der Waals surface area (Å²) >= 11 is 0. The second-order valence-electron chi connectivity index (χ2n) is 4.22. The lowest BCUT2D eigenvalue weighted by Gasteiger charge is -2.10. The van der Waals surface area contributed by atoms with Gasteiger partial charge in [-0.1, -0.05) is 6.07 Å². The molecule has 2 aromatic rings. The summed E-state index contributed by atoms with van der Waals surface area (Å²) in [5, 5.41) is 0. The van der Waals surface area contributed by atoms with Crippen LogP contribution >= 0.6 is 0 Å². The summed E-state index contributed by atoms with van der Waals surface area (Å²) in [4.78, 5) is 20.7. The quantitative estimate of drug-likeness (QED) is 0.750. The number of nitrogens with zero attached hydrogens (tertiary/aromatic N) is 3. The zero-order valence-electron chi connectivity index (χ0n) is 10.5. The number of hydrogen-bond donors (Lipinski definition) is 0. The molecule has 0 aliphatic rings. The molecule has 0 bridgehead atoms. The Morgan fingerprint density at radius 2 is 1.59 bits per heavy atom. The minimum Gasteiger partial charge on any atom is -0.269 e. The summed E-state index contributed by atoms with van der Waals surface area (Å²) in [7, 11) is 0. The Bertz CT molecular complexity index is 629.